The van der Waals surface area contributed by atoms with Crippen molar-refractivity contribution in [2.24, 2.45) is 45.3 Å². The van der Waals surface area contributed by atoms with Crippen LogP contribution in [-0.2, 0) is 0 Å². The van der Waals surface area contributed by atoms with Crippen LogP contribution in [0.3, 0.4) is 0 Å². The van der Waals surface area contributed by atoms with Crippen LogP contribution in [0, 0.1) is 45.3 Å². The van der Waals surface area contributed by atoms with Gasteiger partial charge in [0.2, 0.25) is 0 Å². The largest absolute Gasteiger partial charge is 0.130 e. The molecule has 2 aromatic rings. The van der Waals surface area contributed by atoms with Crippen molar-refractivity contribution in [1.82, 2.24) is 0 Å². The van der Waals surface area contributed by atoms with Crippen molar-refractivity contribution >= 4 is 18.5 Å². The average Bonchev–Trinajstić information content (AvgIpc) is 2.82. The Kier molecular flexibility index (Phi) is 9.38. The molecule has 224 valence electrons. The molecule has 1 aliphatic carbocycles. The lowest BCUT2D eigenvalue weighted by molar-refractivity contribution is -0.0821. The van der Waals surface area contributed by atoms with E-state index in [1.54, 1.807) is 0 Å². The predicted molar refractivity (Wildman–Crippen MR) is 186 cm³/mol. The van der Waals surface area contributed by atoms with Gasteiger partial charge in [-0.05, 0) is 78.6 Å². The summed E-state index contributed by atoms with van der Waals surface area (Å²) in [4.78, 5) is 0. The molecule has 1 fully saturated rings. The minimum absolute atomic E-state index is 0.0368. The van der Waals surface area contributed by atoms with Crippen molar-refractivity contribution in [3.8, 4) is 0 Å². The molecule has 0 saturated heterocycles. The second-order valence-corrected chi connectivity index (χ2v) is 19.2. The predicted octanol–water partition coefficient (Wildman–Crippen LogP) is 11.5. The molecule has 8 atom stereocenters. The normalized spacial score (nSPS) is 27.5. The van der Waals surface area contributed by atoms with Crippen LogP contribution >= 0.6 is 18.5 Å². The fourth-order valence-electron chi connectivity index (χ4n) is 9.51. The fraction of sp³-hybridized carbons (Fsp3) is 0.684. The smallest absolute Gasteiger partial charge is 0.00164 e. The summed E-state index contributed by atoms with van der Waals surface area (Å²) in [5.41, 5.74) is 3.28. The molecule has 0 aliphatic heterocycles. The molecule has 8 unspecified atom stereocenters. The molecule has 0 nitrogen and oxygen atoms in total. The Morgan fingerprint density at radius 3 is 0.850 bits per heavy atom. The van der Waals surface area contributed by atoms with Gasteiger partial charge in [0, 0.05) is 0 Å². The monoisotopic (exact) mass is 580 g/mol. The Balaban J connectivity index is 2.62. The summed E-state index contributed by atoms with van der Waals surface area (Å²) in [7, 11) is 7.17. The van der Waals surface area contributed by atoms with E-state index in [2.05, 4.69) is 176 Å². The van der Waals surface area contributed by atoms with Crippen LogP contribution in [0.4, 0.5) is 0 Å². The lowest BCUT2D eigenvalue weighted by atomic mass is 9.40. The molecule has 1 aliphatic rings. The van der Waals surface area contributed by atoms with Crippen LogP contribution in [0.15, 0.2) is 60.7 Å². The van der Waals surface area contributed by atoms with Crippen molar-refractivity contribution in [3.05, 3.63) is 71.8 Å². The molecular weight excluding hydrogens is 518 g/mol. The van der Waals surface area contributed by atoms with Gasteiger partial charge < -0.3 is 0 Å². The van der Waals surface area contributed by atoms with E-state index in [1.165, 1.54) is 11.1 Å². The SMILES string of the molecule is CC1C(C)C(c2ccccc2)C(C(P)(C(C)(C)C)C(C)(C)C)C(C(P)(C(C)(C)C)C(C)(C)C)C1c1ccccc1. The highest BCUT2D eigenvalue weighted by atomic mass is 31.0. The van der Waals surface area contributed by atoms with E-state index in [9.17, 15) is 0 Å². The van der Waals surface area contributed by atoms with Gasteiger partial charge in [-0.15, -0.1) is 18.5 Å². The van der Waals surface area contributed by atoms with Crippen molar-refractivity contribution < 1.29 is 0 Å². The van der Waals surface area contributed by atoms with Crippen molar-refractivity contribution in [3.63, 3.8) is 0 Å². The van der Waals surface area contributed by atoms with E-state index in [4.69, 9.17) is 0 Å². The third-order valence-electron chi connectivity index (χ3n) is 11.5. The molecule has 3 rings (SSSR count). The molecule has 0 aromatic heterocycles. The van der Waals surface area contributed by atoms with Gasteiger partial charge in [0.15, 0.2) is 0 Å². The Hall–Kier alpha value is -0.700. The number of hydrogen-bond donors (Lipinski definition) is 0. The Labute approximate surface area is 254 Å². The van der Waals surface area contributed by atoms with Crippen LogP contribution in [0.1, 0.15) is 120 Å². The van der Waals surface area contributed by atoms with E-state index in [-0.39, 0.29) is 32.0 Å². The highest BCUT2D eigenvalue weighted by Gasteiger charge is 2.67. The Morgan fingerprint density at radius 2 is 0.650 bits per heavy atom. The van der Waals surface area contributed by atoms with Crippen molar-refractivity contribution in [1.29, 1.82) is 0 Å². The molecule has 0 heterocycles. The second-order valence-electron chi connectivity index (χ2n) is 17.4. The molecule has 0 bridgehead atoms. The molecule has 40 heavy (non-hydrogen) atoms. The van der Waals surface area contributed by atoms with Gasteiger partial charge >= 0.3 is 0 Å². The molecule has 0 amide bonds. The fourth-order valence-corrected chi connectivity index (χ4v) is 10.3. The summed E-state index contributed by atoms with van der Waals surface area (Å²) in [6.45, 7) is 35.2. The Morgan fingerprint density at radius 1 is 0.425 bits per heavy atom. The summed E-state index contributed by atoms with van der Waals surface area (Å²) in [5.74, 6) is 2.81. The van der Waals surface area contributed by atoms with E-state index < -0.39 is 0 Å². The summed E-state index contributed by atoms with van der Waals surface area (Å²) >= 11 is 0. The van der Waals surface area contributed by atoms with Crippen molar-refractivity contribution in [2.45, 2.75) is 119 Å². The summed E-state index contributed by atoms with van der Waals surface area (Å²) in [6, 6.07) is 23.1. The van der Waals surface area contributed by atoms with Crippen LogP contribution < -0.4 is 0 Å². The first kappa shape index (κ1) is 33.8. The standard InChI is InChI=1S/C38H62P2/c1-25-26(2)30(28-23-19-16-20-24-28)32(38(40,35(9,10)11)36(12,13)14)31(29(25)27-21-17-15-18-22-27)37(39,33(3,4)5)34(6,7)8/h15-26,29-32H,39-40H2,1-14H3. The van der Waals surface area contributed by atoms with Crippen LogP contribution in [0.25, 0.3) is 0 Å². The first-order valence-corrected chi connectivity index (χ1v) is 16.9. The molecular formula is C38H62P2. The van der Waals surface area contributed by atoms with Crippen molar-refractivity contribution in [2.75, 3.05) is 0 Å². The van der Waals surface area contributed by atoms with Gasteiger partial charge in [-0.2, -0.15) is 0 Å². The van der Waals surface area contributed by atoms with Gasteiger partial charge in [0.25, 0.3) is 0 Å². The van der Waals surface area contributed by atoms with Gasteiger partial charge in [-0.3, -0.25) is 0 Å². The van der Waals surface area contributed by atoms with Crippen LogP contribution in [0.5, 0.6) is 0 Å². The topological polar surface area (TPSA) is 0 Å². The van der Waals surface area contributed by atoms with Gasteiger partial charge in [0.1, 0.15) is 0 Å². The van der Waals surface area contributed by atoms with Crippen LogP contribution in [-0.4, -0.2) is 10.3 Å². The van der Waals surface area contributed by atoms with Crippen LogP contribution in [0.2, 0.25) is 0 Å². The number of benzene rings is 2. The first-order valence-electron chi connectivity index (χ1n) is 15.7. The summed E-state index contributed by atoms with van der Waals surface area (Å²) in [6.07, 6.45) is 0. The first-order chi connectivity index (χ1) is 18.0. The maximum atomic E-state index is 3.58. The minimum atomic E-state index is -0.0368. The van der Waals surface area contributed by atoms with Gasteiger partial charge in [-0.1, -0.05) is 158 Å². The zero-order valence-corrected chi connectivity index (χ0v) is 30.7. The third-order valence-corrected chi connectivity index (χ3v) is 15.7. The third kappa shape index (κ3) is 5.41. The molecule has 0 spiro atoms. The zero-order valence-electron chi connectivity index (χ0n) is 28.4. The number of rotatable bonds is 4. The summed E-state index contributed by atoms with van der Waals surface area (Å²) in [5, 5.41) is -0.0736. The lowest BCUT2D eigenvalue weighted by Crippen LogP contribution is -2.68. The molecule has 0 radical (unpaired) electrons. The average molecular weight is 581 g/mol. The quantitative estimate of drug-likeness (QED) is 0.316. The van der Waals surface area contributed by atoms with Gasteiger partial charge in [-0.25, -0.2) is 0 Å². The second kappa shape index (κ2) is 11.1. The molecule has 0 N–H and O–H groups in total. The highest BCUT2D eigenvalue weighted by molar-refractivity contribution is 7.19. The Bertz CT molecular complexity index is 985. The maximum absolute atomic E-state index is 3.58. The highest BCUT2D eigenvalue weighted by Crippen LogP contribution is 2.73. The summed E-state index contributed by atoms with van der Waals surface area (Å²) < 4.78 is 0. The molecule has 2 aromatic carbocycles. The lowest BCUT2D eigenvalue weighted by Gasteiger charge is -2.70. The number of hydrogen-bond acceptors (Lipinski definition) is 0. The maximum Gasteiger partial charge on any atom is -0.00164 e. The van der Waals surface area contributed by atoms with E-state index in [0.29, 0.717) is 35.5 Å². The van der Waals surface area contributed by atoms with E-state index in [0.717, 1.165) is 0 Å². The molecule has 2 heteroatoms. The van der Waals surface area contributed by atoms with Gasteiger partial charge in [0.05, 0.1) is 0 Å². The van der Waals surface area contributed by atoms with E-state index >= 15 is 0 Å². The van der Waals surface area contributed by atoms with E-state index in [1.807, 2.05) is 0 Å². The minimum Gasteiger partial charge on any atom is -0.130 e. The molecule has 1 saturated carbocycles. The zero-order chi connectivity index (χ0) is 30.7.